The summed E-state index contributed by atoms with van der Waals surface area (Å²) in [6, 6.07) is 17.4. The molecule has 8 heterocycles. The molecule has 0 saturated carbocycles. The smallest absolute Gasteiger partial charge is 0.271 e. The number of nitrogens with one attached hydrogen (secondary N) is 4. The Bertz CT molecular complexity index is 3740. The number of nitrogen functional groups attached to an aromatic ring is 2. The maximum atomic E-state index is 11.9. The summed E-state index contributed by atoms with van der Waals surface area (Å²) in [5.41, 5.74) is 17.9. The van der Waals surface area contributed by atoms with E-state index in [2.05, 4.69) is 41.2 Å². The number of imidazole rings is 4. The Balaban J connectivity index is 0.000000168. The first kappa shape index (κ1) is 56.1. The van der Waals surface area contributed by atoms with Crippen molar-refractivity contribution in [3.05, 3.63) is 126 Å². The molecular weight excluding hydrogens is 1110 g/mol. The molecule has 12 rings (SSSR count). The first-order valence-electron chi connectivity index (χ1n) is 23.4. The molecule has 8 aromatic rings. The Morgan fingerprint density at radius 2 is 0.744 bits per heavy atom. The normalized spacial score (nSPS) is 19.1. The number of aromatic nitrogens is 8. The quantitative estimate of drug-likeness (QED) is 0.0345. The van der Waals surface area contributed by atoms with E-state index in [0.717, 1.165) is 22.1 Å². The van der Waals surface area contributed by atoms with Crippen LogP contribution in [-0.2, 0) is 58.8 Å². The van der Waals surface area contributed by atoms with Crippen LogP contribution in [-0.4, -0.2) is 95.3 Å². The van der Waals surface area contributed by atoms with Crippen LogP contribution >= 0.6 is 0 Å². The van der Waals surface area contributed by atoms with Crippen molar-refractivity contribution in [2.24, 2.45) is 0 Å². The van der Waals surface area contributed by atoms with Crippen LogP contribution in [0.25, 0.3) is 44.1 Å². The molecule has 4 aromatic carbocycles. The average Bonchev–Trinajstić information content (AvgIpc) is 4.21. The summed E-state index contributed by atoms with van der Waals surface area (Å²) in [5.74, 6) is -2.38. The molecule has 0 radical (unpaired) electrons. The summed E-state index contributed by atoms with van der Waals surface area (Å²) in [4.78, 5) is 129. The van der Waals surface area contributed by atoms with E-state index in [9.17, 15) is 58.6 Å². The van der Waals surface area contributed by atoms with E-state index in [-0.39, 0.29) is 101 Å². The van der Waals surface area contributed by atoms with Gasteiger partial charge in [0.05, 0.1) is 79.3 Å². The molecule has 4 aliphatic rings. The molecule has 29 heteroatoms. The molecule has 4 aromatic heterocycles. The first-order valence-corrected chi connectivity index (χ1v) is 23.4. The van der Waals surface area contributed by atoms with Crippen molar-refractivity contribution in [2.75, 3.05) is 11.5 Å². The van der Waals surface area contributed by atoms with E-state index in [4.69, 9.17) is 11.5 Å². The molecule has 408 valence electrons. The van der Waals surface area contributed by atoms with Gasteiger partial charge in [-0.05, 0) is 74.2 Å². The zero-order chi connectivity index (χ0) is 53.9. The van der Waals surface area contributed by atoms with E-state index in [1.165, 1.54) is 43.0 Å². The van der Waals surface area contributed by atoms with Gasteiger partial charge >= 0.3 is 0 Å². The van der Waals surface area contributed by atoms with Gasteiger partial charge in [-0.25, -0.2) is 19.9 Å². The summed E-state index contributed by atoms with van der Waals surface area (Å²) in [6.07, 6.45) is 9.12. The van der Waals surface area contributed by atoms with E-state index in [1.807, 2.05) is 12.1 Å². The van der Waals surface area contributed by atoms with Gasteiger partial charge in [-0.1, -0.05) is 0 Å². The molecule has 28 nitrogen and oxygen atoms in total. The maximum Gasteiger partial charge on any atom is 0.271 e. The molecule has 8 N–H and O–H groups in total. The number of benzene rings is 4. The van der Waals surface area contributed by atoms with E-state index in [1.54, 1.807) is 61.3 Å². The van der Waals surface area contributed by atoms with Gasteiger partial charge in [-0.3, -0.25) is 79.9 Å². The van der Waals surface area contributed by atoms with Crippen molar-refractivity contribution >= 4 is 114 Å². The number of carbonyl (C=O) groups is 8. The van der Waals surface area contributed by atoms with Crippen molar-refractivity contribution in [1.29, 1.82) is 0 Å². The topological polar surface area (TPSA) is 394 Å². The zero-order valence-electron chi connectivity index (χ0n) is 41.0. The van der Waals surface area contributed by atoms with E-state index >= 15 is 0 Å². The van der Waals surface area contributed by atoms with Gasteiger partial charge in [-0.15, -0.1) is 0 Å². The number of hydrogen-bond donors (Lipinski definition) is 6. The fraction of sp³-hybridized carbons (Fsp3) is 0.245. The molecule has 0 bridgehead atoms. The van der Waals surface area contributed by atoms with Gasteiger partial charge < -0.3 is 37.2 Å². The molecule has 0 aliphatic carbocycles. The minimum Gasteiger partial charge on any atom is -0.399 e. The second-order valence-corrected chi connectivity index (χ2v) is 17.8. The van der Waals surface area contributed by atoms with Crippen LogP contribution in [0.15, 0.2) is 98.1 Å². The number of anilines is 2. The minimum absolute atomic E-state index is 0. The fourth-order valence-electron chi connectivity index (χ4n) is 9.14. The van der Waals surface area contributed by atoms with Gasteiger partial charge in [0.25, 0.3) is 11.4 Å². The van der Waals surface area contributed by atoms with Gasteiger partial charge in [0.1, 0.15) is 24.2 Å². The van der Waals surface area contributed by atoms with Crippen LogP contribution in [0.1, 0.15) is 77.0 Å². The maximum absolute atomic E-state index is 11.9. The van der Waals surface area contributed by atoms with Crippen molar-refractivity contribution in [2.45, 2.75) is 75.5 Å². The third-order valence-electron chi connectivity index (χ3n) is 12.9. The summed E-state index contributed by atoms with van der Waals surface area (Å²) >= 11 is 0. The Hall–Kier alpha value is -9.62. The number of imide groups is 4. The predicted octanol–water partition coefficient (Wildman–Crippen LogP) is 3.73. The predicted molar refractivity (Wildman–Crippen MR) is 275 cm³/mol. The summed E-state index contributed by atoms with van der Waals surface area (Å²) < 4.78 is 6.77. The van der Waals surface area contributed by atoms with Gasteiger partial charge in [-0.2, -0.15) is 0 Å². The molecular formula is C49H49N16O12Pd-. The summed E-state index contributed by atoms with van der Waals surface area (Å²) in [6.45, 7) is 0. The number of non-ortho nitro benzene ring substituents is 2. The number of nitrogens with zero attached hydrogens (tertiary/aromatic N) is 10. The van der Waals surface area contributed by atoms with Crippen LogP contribution in [0, 0.1) is 27.7 Å². The molecule has 8 amide bonds. The molecule has 4 atom stereocenters. The Morgan fingerprint density at radius 3 is 1.15 bits per heavy atom. The number of nitro groups is 2. The number of piperidine rings is 4. The monoisotopic (exact) mass is 1160 g/mol. The third-order valence-corrected chi connectivity index (χ3v) is 12.9. The number of amides is 8. The van der Waals surface area contributed by atoms with Crippen LogP contribution in [0.4, 0.5) is 22.7 Å². The zero-order valence-corrected chi connectivity index (χ0v) is 42.6. The number of rotatable bonds is 6. The number of nitrogens with two attached hydrogens (primary N) is 2. The van der Waals surface area contributed by atoms with Crippen molar-refractivity contribution in [3.63, 3.8) is 0 Å². The SMILES string of the molecule is Nc1ccc2c(c1)ncn2C1CCC(=O)NC1=O.Nc1ccc2ncn(C3CCC(=O)NC3=O)c2c1.O=C1CCC(n2cnc3cc([N+](=O)[O-])ccc32)C(=O)N1.O=C1CCC(n2cnc3ccc([N+](=O)[O-])cc32)C(=O)N1.[CH3-].[HH].[Pd]. The number of carbonyl (C=O) groups excluding carboxylic acids is 8. The summed E-state index contributed by atoms with van der Waals surface area (Å²) in [7, 11) is 0. The number of nitro benzene ring substituents is 2. The largest absolute Gasteiger partial charge is 0.399 e. The Labute approximate surface area is 454 Å². The van der Waals surface area contributed by atoms with Gasteiger partial charge in [0.2, 0.25) is 47.3 Å². The van der Waals surface area contributed by atoms with Crippen molar-refractivity contribution in [1.82, 2.24) is 59.5 Å². The van der Waals surface area contributed by atoms with Crippen molar-refractivity contribution in [3.8, 4) is 0 Å². The molecule has 4 saturated heterocycles. The molecule has 4 aliphatic heterocycles. The standard InChI is InChI=1S/2C12H10N4O4.2C12H12N4O2.CH3.Pd.H2/c17-11-4-3-10(12(18)14-11)15-6-13-8-5-7(16(19)20)1-2-9(8)15;17-11-4-3-9(12(18)14-11)15-6-13-8-2-1-7(16(19)20)5-10(8)15;13-7-1-2-9-8(5-7)14-6-16(9)10-3-4-11(17)15-12(10)18;13-7-1-2-8-10(5-7)16(6-14-8)9-3-4-11(17)15-12(9)18;;;/h1-2,5-6,10H,3-4H2,(H,14,17,18);1-2,5-6,9H,3-4H2,(H,14,17,18);1-2,5-6,10H,3-4,13H2,(H,15,17,18);1-2,5-6,9H,3-4,13H2,(H,15,17,18);1H3;;1H/q;;;;-1;;. The molecule has 0 spiro atoms. The van der Waals surface area contributed by atoms with Crippen LogP contribution < -0.4 is 32.7 Å². The van der Waals surface area contributed by atoms with Crippen molar-refractivity contribution < 1.29 is 70.1 Å². The molecule has 78 heavy (non-hydrogen) atoms. The fourth-order valence-corrected chi connectivity index (χ4v) is 9.14. The Morgan fingerprint density at radius 1 is 0.436 bits per heavy atom. The second-order valence-electron chi connectivity index (χ2n) is 17.8. The van der Waals surface area contributed by atoms with Gasteiger partial charge in [0, 0.05) is 83.2 Å². The number of fused-ring (bicyclic) bond motifs is 4. The third kappa shape index (κ3) is 11.9. The van der Waals surface area contributed by atoms with Crippen LogP contribution in [0.3, 0.4) is 0 Å². The minimum atomic E-state index is -0.570. The van der Waals surface area contributed by atoms with E-state index in [0.29, 0.717) is 72.0 Å². The summed E-state index contributed by atoms with van der Waals surface area (Å²) in [5, 5.41) is 30.7. The Kier molecular flexibility index (Phi) is 16.9. The number of hydrogen-bond acceptors (Lipinski definition) is 18. The van der Waals surface area contributed by atoms with Crippen LogP contribution in [0.5, 0.6) is 0 Å². The van der Waals surface area contributed by atoms with Gasteiger partial charge in [0.15, 0.2) is 0 Å². The second kappa shape index (κ2) is 23.5. The molecule has 4 unspecified atom stereocenters. The average molecular weight is 1160 g/mol. The molecule has 4 fully saturated rings. The van der Waals surface area contributed by atoms with Crippen LogP contribution in [0.2, 0.25) is 0 Å². The first-order chi connectivity index (χ1) is 36.4. The van der Waals surface area contributed by atoms with E-state index < -0.39 is 33.9 Å².